The van der Waals surface area contributed by atoms with Gasteiger partial charge in [-0.3, -0.25) is 4.79 Å². The van der Waals surface area contributed by atoms with E-state index in [0.717, 1.165) is 6.07 Å². The summed E-state index contributed by atoms with van der Waals surface area (Å²) in [6, 6.07) is 3.91. The minimum absolute atomic E-state index is 0.115. The number of benzene rings is 1. The molecule has 0 aliphatic heterocycles. The lowest BCUT2D eigenvalue weighted by molar-refractivity contribution is 0.0952. The van der Waals surface area contributed by atoms with Gasteiger partial charge in [0.1, 0.15) is 5.82 Å². The number of sulfonamides is 1. The number of hydrogen-bond acceptors (Lipinski definition) is 4. The number of halogens is 1. The van der Waals surface area contributed by atoms with Crippen molar-refractivity contribution in [2.24, 2.45) is 5.73 Å². The highest BCUT2D eigenvalue weighted by atomic mass is 32.2. The van der Waals surface area contributed by atoms with Crippen LogP contribution in [0, 0.1) is 17.7 Å². The minimum atomic E-state index is -3.41. The molecule has 0 saturated carbocycles. The minimum Gasteiger partial charge on any atom is -0.351 e. The zero-order valence-electron chi connectivity index (χ0n) is 11.4. The van der Waals surface area contributed by atoms with Gasteiger partial charge in [0, 0.05) is 12.1 Å². The van der Waals surface area contributed by atoms with Crippen molar-refractivity contribution in [1.82, 2.24) is 10.0 Å². The molecule has 0 aromatic heterocycles. The molecule has 6 nitrogen and oxygen atoms in total. The van der Waals surface area contributed by atoms with Gasteiger partial charge in [0.25, 0.3) is 5.91 Å². The number of carbonyl (C=O) groups is 1. The van der Waals surface area contributed by atoms with Gasteiger partial charge in [-0.1, -0.05) is 11.8 Å². The summed E-state index contributed by atoms with van der Waals surface area (Å²) in [6.07, 6.45) is 0. The molecule has 0 unspecified atom stereocenters. The smallest absolute Gasteiger partial charge is 0.254 e. The first-order valence-corrected chi connectivity index (χ1v) is 7.72. The monoisotopic (exact) mass is 313 g/mol. The molecule has 1 amide bonds. The van der Waals surface area contributed by atoms with Gasteiger partial charge < -0.3 is 11.1 Å². The molecule has 114 valence electrons. The largest absolute Gasteiger partial charge is 0.351 e. The number of amides is 1. The van der Waals surface area contributed by atoms with E-state index in [-0.39, 0.29) is 24.4 Å². The second kappa shape index (κ2) is 7.73. The lowest BCUT2D eigenvalue weighted by Gasteiger charge is -2.06. The second-order valence-electron chi connectivity index (χ2n) is 3.98. The van der Waals surface area contributed by atoms with E-state index < -0.39 is 21.7 Å². The Hall–Kier alpha value is -1.95. The number of nitrogens with one attached hydrogen (secondary N) is 2. The zero-order valence-corrected chi connectivity index (χ0v) is 12.3. The van der Waals surface area contributed by atoms with Gasteiger partial charge >= 0.3 is 0 Å². The fourth-order valence-electron chi connectivity index (χ4n) is 1.43. The van der Waals surface area contributed by atoms with E-state index in [1.165, 1.54) is 19.2 Å². The summed E-state index contributed by atoms with van der Waals surface area (Å²) in [4.78, 5) is 11.7. The van der Waals surface area contributed by atoms with Gasteiger partial charge in [-0.15, -0.1) is 0 Å². The zero-order chi connectivity index (χ0) is 15.9. The standard InChI is InChI=1S/C13H16FN3O3S/c1-16-21(19,20)8-7-17-13(18)11-5-4-10(3-2-6-15)9-12(11)14/h4-5,9,16H,6-8,15H2,1H3,(H,17,18). The first-order valence-electron chi connectivity index (χ1n) is 6.07. The predicted octanol–water partition coefficient (Wildman–Crippen LogP) is -0.585. The van der Waals surface area contributed by atoms with E-state index in [2.05, 4.69) is 21.9 Å². The average Bonchev–Trinajstić information content (AvgIpc) is 2.44. The maximum atomic E-state index is 13.8. The third-order valence-corrected chi connectivity index (χ3v) is 3.88. The summed E-state index contributed by atoms with van der Waals surface area (Å²) in [6.45, 7) is 0.0416. The van der Waals surface area contributed by atoms with E-state index in [0.29, 0.717) is 5.56 Å². The molecule has 8 heteroatoms. The Labute approximate surface area is 123 Å². The van der Waals surface area contributed by atoms with Gasteiger partial charge in [-0.2, -0.15) is 0 Å². The Balaban J connectivity index is 2.71. The van der Waals surface area contributed by atoms with Crippen LogP contribution in [0.4, 0.5) is 4.39 Å². The van der Waals surface area contributed by atoms with E-state index >= 15 is 0 Å². The van der Waals surface area contributed by atoms with Gasteiger partial charge in [0.15, 0.2) is 0 Å². The van der Waals surface area contributed by atoms with Crippen molar-refractivity contribution in [3.8, 4) is 11.8 Å². The molecule has 21 heavy (non-hydrogen) atoms. The SMILES string of the molecule is CNS(=O)(=O)CCNC(=O)c1ccc(C#CCN)cc1F. The predicted molar refractivity (Wildman–Crippen MR) is 77.5 cm³/mol. The molecule has 1 rings (SSSR count). The molecule has 0 saturated heterocycles. The topological polar surface area (TPSA) is 101 Å². The van der Waals surface area contributed by atoms with E-state index in [1.807, 2.05) is 0 Å². The van der Waals surface area contributed by atoms with Crippen molar-refractivity contribution in [3.63, 3.8) is 0 Å². The van der Waals surface area contributed by atoms with Gasteiger partial charge in [-0.25, -0.2) is 17.5 Å². The summed E-state index contributed by atoms with van der Waals surface area (Å²) in [5.74, 6) is 3.53. The highest BCUT2D eigenvalue weighted by Crippen LogP contribution is 2.09. The summed E-state index contributed by atoms with van der Waals surface area (Å²) in [5.41, 5.74) is 5.45. The lowest BCUT2D eigenvalue weighted by atomic mass is 10.1. The number of carbonyl (C=O) groups excluding carboxylic acids is 1. The molecule has 0 heterocycles. The normalized spacial score (nSPS) is 10.6. The third-order valence-electron chi connectivity index (χ3n) is 2.52. The number of nitrogens with two attached hydrogens (primary N) is 1. The van der Waals surface area contributed by atoms with E-state index in [1.54, 1.807) is 0 Å². The molecular weight excluding hydrogens is 297 g/mol. The van der Waals surface area contributed by atoms with Crippen LogP contribution in [0.2, 0.25) is 0 Å². The Bertz CT molecular complexity index is 678. The quantitative estimate of drug-likeness (QED) is 0.633. The summed E-state index contributed by atoms with van der Waals surface area (Å²) >= 11 is 0. The van der Waals surface area contributed by atoms with Crippen molar-refractivity contribution < 1.29 is 17.6 Å². The van der Waals surface area contributed by atoms with Crippen molar-refractivity contribution in [2.75, 3.05) is 25.9 Å². The second-order valence-corrected chi connectivity index (χ2v) is 6.03. The van der Waals surface area contributed by atoms with Crippen LogP contribution in [-0.4, -0.2) is 40.2 Å². The summed E-state index contributed by atoms with van der Waals surface area (Å²) < 4.78 is 38.2. The average molecular weight is 313 g/mol. The highest BCUT2D eigenvalue weighted by Gasteiger charge is 2.13. The lowest BCUT2D eigenvalue weighted by Crippen LogP contribution is -2.33. The maximum Gasteiger partial charge on any atom is 0.254 e. The molecule has 0 bridgehead atoms. The van der Waals surface area contributed by atoms with Crippen LogP contribution >= 0.6 is 0 Å². The molecule has 1 aromatic carbocycles. The van der Waals surface area contributed by atoms with Crippen LogP contribution in [0.15, 0.2) is 18.2 Å². The molecule has 0 radical (unpaired) electrons. The van der Waals surface area contributed by atoms with Crippen molar-refractivity contribution >= 4 is 15.9 Å². The molecule has 1 aromatic rings. The highest BCUT2D eigenvalue weighted by molar-refractivity contribution is 7.89. The molecule has 0 aliphatic carbocycles. The van der Waals surface area contributed by atoms with Crippen LogP contribution < -0.4 is 15.8 Å². The van der Waals surface area contributed by atoms with Crippen molar-refractivity contribution in [1.29, 1.82) is 0 Å². The summed E-state index contributed by atoms with van der Waals surface area (Å²) in [7, 11) is -2.14. The Morgan fingerprint density at radius 3 is 2.71 bits per heavy atom. The van der Waals surface area contributed by atoms with Gasteiger partial charge in [0.05, 0.1) is 17.9 Å². The molecule has 0 aliphatic rings. The number of hydrogen-bond donors (Lipinski definition) is 3. The molecule has 0 spiro atoms. The first kappa shape index (κ1) is 17.1. The number of rotatable bonds is 5. The maximum absolute atomic E-state index is 13.8. The van der Waals surface area contributed by atoms with Gasteiger partial charge in [0.2, 0.25) is 10.0 Å². The molecule has 0 fully saturated rings. The van der Waals surface area contributed by atoms with Gasteiger partial charge in [-0.05, 0) is 25.2 Å². The van der Waals surface area contributed by atoms with Crippen LogP contribution in [0.5, 0.6) is 0 Å². The Morgan fingerprint density at radius 1 is 1.43 bits per heavy atom. The third kappa shape index (κ3) is 5.51. The first-order chi connectivity index (χ1) is 9.89. The summed E-state index contributed by atoms with van der Waals surface area (Å²) in [5, 5.41) is 2.34. The Morgan fingerprint density at radius 2 is 2.14 bits per heavy atom. The van der Waals surface area contributed by atoms with Crippen LogP contribution in [-0.2, 0) is 10.0 Å². The van der Waals surface area contributed by atoms with Crippen molar-refractivity contribution in [2.45, 2.75) is 0 Å². The van der Waals surface area contributed by atoms with E-state index in [4.69, 9.17) is 5.73 Å². The van der Waals surface area contributed by atoms with E-state index in [9.17, 15) is 17.6 Å². The fraction of sp³-hybridized carbons (Fsp3) is 0.308. The van der Waals surface area contributed by atoms with Crippen LogP contribution in [0.1, 0.15) is 15.9 Å². The fourth-order valence-corrected chi connectivity index (χ4v) is 2.00. The van der Waals surface area contributed by atoms with Crippen LogP contribution in [0.25, 0.3) is 0 Å². The molecular formula is C13H16FN3O3S. The van der Waals surface area contributed by atoms with Crippen molar-refractivity contribution in [3.05, 3.63) is 35.1 Å². The molecule has 0 atom stereocenters. The molecule has 4 N–H and O–H groups in total. The van der Waals surface area contributed by atoms with Crippen LogP contribution in [0.3, 0.4) is 0 Å². The Kier molecular flexibility index (Phi) is 6.30.